The molecule has 0 aliphatic heterocycles. The molecule has 0 radical (unpaired) electrons. The van der Waals surface area contributed by atoms with Gasteiger partial charge in [-0.15, -0.1) is 0 Å². The van der Waals surface area contributed by atoms with E-state index in [1.165, 1.54) is 6.42 Å². The molecular formula is C19H25F3O3. The fourth-order valence-corrected chi connectivity index (χ4v) is 3.35. The lowest BCUT2D eigenvalue weighted by Gasteiger charge is -2.36. The molecule has 0 aromatic heterocycles. The van der Waals surface area contributed by atoms with Crippen LogP contribution in [0.5, 0.6) is 5.75 Å². The first-order valence-electron chi connectivity index (χ1n) is 8.66. The van der Waals surface area contributed by atoms with Gasteiger partial charge >= 0.3 is 12.1 Å². The number of ether oxygens (including phenoxy) is 2. The summed E-state index contributed by atoms with van der Waals surface area (Å²) in [5.41, 5.74) is -0.778. The third-order valence-corrected chi connectivity index (χ3v) is 4.79. The van der Waals surface area contributed by atoms with E-state index in [4.69, 9.17) is 9.47 Å². The van der Waals surface area contributed by atoms with Crippen molar-refractivity contribution in [3.05, 3.63) is 29.8 Å². The van der Waals surface area contributed by atoms with Gasteiger partial charge in [0, 0.05) is 0 Å². The minimum absolute atomic E-state index is 0.0175. The van der Waals surface area contributed by atoms with E-state index in [0.717, 1.165) is 37.1 Å². The normalized spacial score (nSPS) is 24.4. The second kappa shape index (κ2) is 8.21. The number of esters is 1. The fourth-order valence-electron chi connectivity index (χ4n) is 3.35. The predicted molar refractivity (Wildman–Crippen MR) is 88.2 cm³/mol. The first-order chi connectivity index (χ1) is 11.7. The van der Waals surface area contributed by atoms with Crippen LogP contribution in [0.2, 0.25) is 0 Å². The number of alkyl halides is 3. The molecule has 1 aromatic carbocycles. The molecule has 3 atom stereocenters. The zero-order valence-electron chi connectivity index (χ0n) is 14.8. The molecule has 0 N–H and O–H groups in total. The van der Waals surface area contributed by atoms with Crippen molar-refractivity contribution >= 4 is 5.97 Å². The second-order valence-corrected chi connectivity index (χ2v) is 7.17. The van der Waals surface area contributed by atoms with Crippen molar-refractivity contribution in [2.24, 2.45) is 17.8 Å². The van der Waals surface area contributed by atoms with Gasteiger partial charge in [-0.1, -0.05) is 27.2 Å². The van der Waals surface area contributed by atoms with Gasteiger partial charge in [-0.3, -0.25) is 0 Å². The van der Waals surface area contributed by atoms with E-state index in [1.807, 2.05) is 0 Å². The van der Waals surface area contributed by atoms with Gasteiger partial charge in [-0.2, -0.15) is 13.2 Å². The highest BCUT2D eigenvalue weighted by Crippen LogP contribution is 2.35. The van der Waals surface area contributed by atoms with Gasteiger partial charge in [0.05, 0.1) is 11.7 Å². The van der Waals surface area contributed by atoms with E-state index < -0.39 is 17.7 Å². The largest absolute Gasteiger partial charge is 0.425 e. The Hall–Kier alpha value is -1.56. The van der Waals surface area contributed by atoms with E-state index in [1.54, 1.807) is 0 Å². The molecule has 0 amide bonds. The first kappa shape index (κ1) is 19.8. The molecule has 1 saturated carbocycles. The Morgan fingerprint density at radius 1 is 1.20 bits per heavy atom. The van der Waals surface area contributed by atoms with Crippen molar-refractivity contribution in [1.82, 2.24) is 0 Å². The lowest BCUT2D eigenvalue weighted by molar-refractivity contribution is -0.145. The molecule has 6 heteroatoms. The van der Waals surface area contributed by atoms with Gasteiger partial charge in [-0.05, 0) is 54.9 Å². The summed E-state index contributed by atoms with van der Waals surface area (Å²) in [6.07, 6.45) is -1.23. The van der Waals surface area contributed by atoms with Gasteiger partial charge in [0.2, 0.25) is 0 Å². The summed E-state index contributed by atoms with van der Waals surface area (Å²) in [4.78, 5) is 11.9. The smallest absolute Gasteiger partial charge is 0.416 e. The lowest BCUT2D eigenvalue weighted by Crippen LogP contribution is -2.36. The third-order valence-electron chi connectivity index (χ3n) is 4.79. The molecule has 140 valence electrons. The van der Waals surface area contributed by atoms with E-state index >= 15 is 0 Å². The number of hydrogen-bond donors (Lipinski definition) is 0. The Balaban J connectivity index is 1.87. The maximum atomic E-state index is 12.5. The highest BCUT2D eigenvalue weighted by Gasteiger charge is 2.32. The van der Waals surface area contributed by atoms with E-state index in [0.29, 0.717) is 17.8 Å². The summed E-state index contributed by atoms with van der Waals surface area (Å²) < 4.78 is 48.4. The molecule has 0 heterocycles. The van der Waals surface area contributed by atoms with Gasteiger partial charge in [0.15, 0.2) is 0 Å². The Bertz CT molecular complexity index is 566. The van der Waals surface area contributed by atoms with Crippen LogP contribution in [0.4, 0.5) is 13.2 Å². The summed E-state index contributed by atoms with van der Waals surface area (Å²) in [5, 5.41) is 0. The zero-order chi connectivity index (χ0) is 18.6. The molecule has 0 unspecified atom stereocenters. The molecule has 0 spiro atoms. The summed E-state index contributed by atoms with van der Waals surface area (Å²) in [7, 11) is 0. The molecule has 1 aliphatic carbocycles. The maximum Gasteiger partial charge on any atom is 0.416 e. The van der Waals surface area contributed by atoms with Gasteiger partial charge in [0.25, 0.3) is 0 Å². The standard InChI is InChI=1S/C19H25F3O3/c1-12(2)16-9-4-13(3)10-17(16)24-11-18(23)25-15-7-5-14(6-8-15)19(20,21)22/h5-8,12-13,16-17H,4,9-11H2,1-3H3/t13-,16+,17-/m1/s1. The maximum absolute atomic E-state index is 12.5. The number of benzene rings is 1. The van der Waals surface area contributed by atoms with Crippen LogP contribution in [0.3, 0.4) is 0 Å². The van der Waals surface area contributed by atoms with Crippen LogP contribution in [0.1, 0.15) is 45.6 Å². The Morgan fingerprint density at radius 2 is 1.84 bits per heavy atom. The molecule has 1 fully saturated rings. The molecule has 0 bridgehead atoms. The van der Waals surface area contributed by atoms with Crippen LogP contribution in [-0.2, 0) is 15.7 Å². The minimum atomic E-state index is -4.41. The third kappa shape index (κ3) is 5.73. The van der Waals surface area contributed by atoms with Crippen LogP contribution in [0.25, 0.3) is 0 Å². The zero-order valence-corrected chi connectivity index (χ0v) is 14.8. The van der Waals surface area contributed by atoms with Gasteiger partial charge < -0.3 is 9.47 Å². The van der Waals surface area contributed by atoms with Gasteiger partial charge in [-0.25, -0.2) is 4.79 Å². The van der Waals surface area contributed by atoms with Crippen molar-refractivity contribution in [3.8, 4) is 5.75 Å². The lowest BCUT2D eigenvalue weighted by atomic mass is 9.75. The van der Waals surface area contributed by atoms with Crippen molar-refractivity contribution in [2.75, 3.05) is 6.61 Å². The Morgan fingerprint density at radius 3 is 2.40 bits per heavy atom. The van der Waals surface area contributed by atoms with E-state index in [9.17, 15) is 18.0 Å². The molecule has 3 nitrogen and oxygen atoms in total. The van der Waals surface area contributed by atoms with Gasteiger partial charge in [0.1, 0.15) is 12.4 Å². The molecular weight excluding hydrogens is 333 g/mol. The number of carbonyl (C=O) groups is 1. The van der Waals surface area contributed by atoms with Crippen LogP contribution < -0.4 is 4.74 Å². The molecule has 1 aromatic rings. The second-order valence-electron chi connectivity index (χ2n) is 7.17. The fraction of sp³-hybridized carbons (Fsp3) is 0.632. The number of halogens is 3. The molecule has 1 aliphatic rings. The highest BCUT2D eigenvalue weighted by molar-refractivity contribution is 5.73. The van der Waals surface area contributed by atoms with Crippen molar-refractivity contribution in [1.29, 1.82) is 0 Å². The van der Waals surface area contributed by atoms with Crippen molar-refractivity contribution in [2.45, 2.75) is 52.3 Å². The van der Waals surface area contributed by atoms with Crippen molar-refractivity contribution in [3.63, 3.8) is 0 Å². The monoisotopic (exact) mass is 358 g/mol. The number of rotatable bonds is 5. The average Bonchev–Trinajstić information content (AvgIpc) is 2.52. The number of hydrogen-bond acceptors (Lipinski definition) is 3. The van der Waals surface area contributed by atoms with Crippen LogP contribution >= 0.6 is 0 Å². The molecule has 25 heavy (non-hydrogen) atoms. The highest BCUT2D eigenvalue weighted by atomic mass is 19.4. The topological polar surface area (TPSA) is 35.5 Å². The summed E-state index contributed by atoms with van der Waals surface area (Å²) in [6.45, 7) is 6.28. The molecule has 0 saturated heterocycles. The predicted octanol–water partition coefficient (Wildman–Crippen LogP) is 5.09. The SMILES string of the molecule is CC(C)[C@@H]1CC[C@@H](C)C[C@H]1OCC(=O)Oc1ccc(C(F)(F)F)cc1. The Labute approximate surface area is 146 Å². The minimum Gasteiger partial charge on any atom is -0.425 e. The van der Waals surface area contributed by atoms with E-state index in [-0.39, 0.29) is 18.5 Å². The first-order valence-corrected chi connectivity index (χ1v) is 8.66. The summed E-state index contributed by atoms with van der Waals surface area (Å²) >= 11 is 0. The van der Waals surface area contributed by atoms with E-state index in [2.05, 4.69) is 20.8 Å². The van der Waals surface area contributed by atoms with Crippen LogP contribution in [0.15, 0.2) is 24.3 Å². The Kier molecular flexibility index (Phi) is 6.49. The quantitative estimate of drug-likeness (QED) is 0.543. The molecule has 2 rings (SSSR count). The van der Waals surface area contributed by atoms with Crippen LogP contribution in [-0.4, -0.2) is 18.7 Å². The summed E-state index contributed by atoms with van der Waals surface area (Å²) in [5.74, 6) is 0.934. The average molecular weight is 358 g/mol. The van der Waals surface area contributed by atoms with Crippen LogP contribution in [0, 0.1) is 17.8 Å². The van der Waals surface area contributed by atoms with Crippen molar-refractivity contribution < 1.29 is 27.4 Å². The number of carbonyl (C=O) groups excluding carboxylic acids is 1. The summed E-state index contributed by atoms with van der Waals surface area (Å²) in [6, 6.07) is 4.06.